The third-order valence-corrected chi connectivity index (χ3v) is 3.49. The summed E-state index contributed by atoms with van der Waals surface area (Å²) in [5.74, 6) is 0.849. The molecule has 0 aliphatic carbocycles. The molecular weight excluding hydrogens is 274 g/mol. The van der Waals surface area contributed by atoms with Gasteiger partial charge in [0.1, 0.15) is 5.76 Å². The minimum absolute atomic E-state index is 0.0162. The second-order valence-corrected chi connectivity index (χ2v) is 5.18. The first kappa shape index (κ1) is 14.1. The molecule has 0 bridgehead atoms. The number of carbonyl (C=O) groups is 1. The lowest BCUT2D eigenvalue weighted by Crippen LogP contribution is -2.08. The van der Waals surface area contributed by atoms with Crippen LogP contribution in [0.5, 0.6) is 0 Å². The Morgan fingerprint density at radius 2 is 1.86 bits per heavy atom. The van der Waals surface area contributed by atoms with Crippen molar-refractivity contribution in [2.45, 2.75) is 13.5 Å². The number of ketones is 1. The normalized spacial score (nSPS) is 10.4. The monoisotopic (exact) mass is 291 g/mol. The Bertz CT molecular complexity index is 761. The molecule has 3 heteroatoms. The zero-order valence-corrected chi connectivity index (χ0v) is 12.4. The van der Waals surface area contributed by atoms with E-state index >= 15 is 0 Å². The topological polar surface area (TPSA) is 42.2 Å². The lowest BCUT2D eigenvalue weighted by molar-refractivity contribution is 0.103. The van der Waals surface area contributed by atoms with Crippen molar-refractivity contribution in [2.75, 3.05) is 5.32 Å². The van der Waals surface area contributed by atoms with Crippen LogP contribution in [0.1, 0.15) is 27.2 Å². The molecule has 3 nitrogen and oxygen atoms in total. The van der Waals surface area contributed by atoms with E-state index in [-0.39, 0.29) is 5.78 Å². The molecule has 110 valence electrons. The van der Waals surface area contributed by atoms with Crippen molar-refractivity contribution in [3.05, 3.63) is 89.4 Å². The highest BCUT2D eigenvalue weighted by molar-refractivity contribution is 6.12. The van der Waals surface area contributed by atoms with Gasteiger partial charge >= 0.3 is 0 Å². The molecule has 1 heterocycles. The summed E-state index contributed by atoms with van der Waals surface area (Å²) in [7, 11) is 0. The van der Waals surface area contributed by atoms with Gasteiger partial charge in [-0.1, -0.05) is 36.4 Å². The molecule has 0 unspecified atom stereocenters. The van der Waals surface area contributed by atoms with E-state index < -0.39 is 0 Å². The molecule has 2 aromatic carbocycles. The molecule has 1 N–H and O–H groups in total. The summed E-state index contributed by atoms with van der Waals surface area (Å²) in [5, 5.41) is 3.29. The van der Waals surface area contributed by atoms with Gasteiger partial charge in [0.05, 0.1) is 12.8 Å². The highest BCUT2D eigenvalue weighted by atomic mass is 16.3. The van der Waals surface area contributed by atoms with Crippen molar-refractivity contribution in [2.24, 2.45) is 0 Å². The van der Waals surface area contributed by atoms with Crippen LogP contribution < -0.4 is 5.32 Å². The molecule has 0 saturated carbocycles. The van der Waals surface area contributed by atoms with E-state index in [2.05, 4.69) is 5.32 Å². The number of furan rings is 1. The summed E-state index contributed by atoms with van der Waals surface area (Å²) in [6.07, 6.45) is 1.64. The quantitative estimate of drug-likeness (QED) is 0.707. The van der Waals surface area contributed by atoms with Gasteiger partial charge in [0, 0.05) is 16.8 Å². The molecule has 0 atom stereocenters. The summed E-state index contributed by atoms with van der Waals surface area (Å²) in [6.45, 7) is 2.56. The molecule has 0 aliphatic rings. The molecule has 22 heavy (non-hydrogen) atoms. The molecule has 0 amide bonds. The number of carbonyl (C=O) groups excluding carboxylic acids is 1. The molecule has 3 rings (SSSR count). The van der Waals surface area contributed by atoms with Crippen LogP contribution in [0.15, 0.2) is 71.3 Å². The van der Waals surface area contributed by atoms with Gasteiger partial charge in [-0.2, -0.15) is 0 Å². The van der Waals surface area contributed by atoms with Crippen LogP contribution in [0, 0.1) is 6.92 Å². The minimum Gasteiger partial charge on any atom is -0.467 e. The number of rotatable bonds is 5. The van der Waals surface area contributed by atoms with Crippen LogP contribution >= 0.6 is 0 Å². The SMILES string of the molecule is Cc1ccc(C(=O)c2ccccc2)c(NCc2ccco2)c1. The first-order chi connectivity index (χ1) is 10.7. The lowest BCUT2D eigenvalue weighted by atomic mass is 10.00. The van der Waals surface area contributed by atoms with E-state index in [1.54, 1.807) is 6.26 Å². The van der Waals surface area contributed by atoms with Crippen LogP contribution in [-0.4, -0.2) is 5.78 Å². The van der Waals surface area contributed by atoms with Crippen molar-refractivity contribution in [1.29, 1.82) is 0 Å². The molecular formula is C19H17NO2. The molecule has 0 fully saturated rings. The van der Waals surface area contributed by atoms with Crippen LogP contribution in [0.2, 0.25) is 0 Å². The van der Waals surface area contributed by atoms with Gasteiger partial charge in [0.2, 0.25) is 0 Å². The predicted octanol–water partition coefficient (Wildman–Crippen LogP) is 4.43. The zero-order valence-electron chi connectivity index (χ0n) is 12.4. The summed E-state index contributed by atoms with van der Waals surface area (Å²) < 4.78 is 5.32. The number of aryl methyl sites for hydroxylation is 1. The fourth-order valence-electron chi connectivity index (χ4n) is 2.34. The standard InChI is InChI=1S/C19H17NO2/c1-14-9-10-17(19(21)15-6-3-2-4-7-15)18(12-14)20-13-16-8-5-11-22-16/h2-12,20H,13H2,1H3. The lowest BCUT2D eigenvalue weighted by Gasteiger charge is -2.12. The highest BCUT2D eigenvalue weighted by Crippen LogP contribution is 2.22. The summed E-state index contributed by atoms with van der Waals surface area (Å²) in [6, 6.07) is 18.9. The van der Waals surface area contributed by atoms with Crippen molar-refractivity contribution < 1.29 is 9.21 Å². The van der Waals surface area contributed by atoms with E-state index in [1.165, 1.54) is 0 Å². The van der Waals surface area contributed by atoms with E-state index in [9.17, 15) is 4.79 Å². The number of hydrogen-bond acceptors (Lipinski definition) is 3. The predicted molar refractivity (Wildman–Crippen MR) is 87.1 cm³/mol. The maximum Gasteiger partial charge on any atom is 0.195 e. The Morgan fingerprint density at radius 1 is 1.05 bits per heavy atom. The summed E-state index contributed by atoms with van der Waals surface area (Å²) in [4.78, 5) is 12.7. The summed E-state index contributed by atoms with van der Waals surface area (Å²) in [5.41, 5.74) is 3.28. The smallest absolute Gasteiger partial charge is 0.195 e. The Balaban J connectivity index is 1.89. The Morgan fingerprint density at radius 3 is 2.59 bits per heavy atom. The summed E-state index contributed by atoms with van der Waals surface area (Å²) >= 11 is 0. The molecule has 0 spiro atoms. The molecule has 0 saturated heterocycles. The van der Waals surface area contributed by atoms with Crippen LogP contribution in [-0.2, 0) is 6.54 Å². The molecule has 1 aromatic heterocycles. The Kier molecular flexibility index (Phi) is 4.05. The van der Waals surface area contributed by atoms with Crippen molar-refractivity contribution >= 4 is 11.5 Å². The van der Waals surface area contributed by atoms with Crippen molar-refractivity contribution in [3.8, 4) is 0 Å². The van der Waals surface area contributed by atoms with E-state index in [1.807, 2.05) is 67.6 Å². The highest BCUT2D eigenvalue weighted by Gasteiger charge is 2.13. The van der Waals surface area contributed by atoms with Crippen molar-refractivity contribution in [3.63, 3.8) is 0 Å². The van der Waals surface area contributed by atoms with Gasteiger partial charge < -0.3 is 9.73 Å². The van der Waals surface area contributed by atoms with Crippen LogP contribution in [0.25, 0.3) is 0 Å². The van der Waals surface area contributed by atoms with E-state index in [4.69, 9.17) is 4.42 Å². The van der Waals surface area contributed by atoms with E-state index in [0.29, 0.717) is 17.7 Å². The largest absolute Gasteiger partial charge is 0.467 e. The first-order valence-electron chi connectivity index (χ1n) is 7.21. The fourth-order valence-corrected chi connectivity index (χ4v) is 2.34. The van der Waals surface area contributed by atoms with Crippen LogP contribution in [0.3, 0.4) is 0 Å². The minimum atomic E-state index is 0.0162. The maximum atomic E-state index is 12.7. The number of anilines is 1. The first-order valence-corrected chi connectivity index (χ1v) is 7.21. The average Bonchev–Trinajstić information content (AvgIpc) is 3.07. The second kappa shape index (κ2) is 6.31. The van der Waals surface area contributed by atoms with Gasteiger partial charge in [0.25, 0.3) is 0 Å². The van der Waals surface area contributed by atoms with Gasteiger partial charge in [-0.15, -0.1) is 0 Å². The second-order valence-electron chi connectivity index (χ2n) is 5.18. The van der Waals surface area contributed by atoms with Gasteiger partial charge in [-0.25, -0.2) is 0 Å². The van der Waals surface area contributed by atoms with E-state index in [0.717, 1.165) is 17.0 Å². The van der Waals surface area contributed by atoms with Gasteiger partial charge in [-0.05, 0) is 36.8 Å². The Hall–Kier alpha value is -2.81. The number of nitrogens with one attached hydrogen (secondary N) is 1. The number of hydrogen-bond donors (Lipinski definition) is 1. The van der Waals surface area contributed by atoms with Crippen molar-refractivity contribution in [1.82, 2.24) is 0 Å². The third kappa shape index (κ3) is 3.09. The molecule has 0 radical (unpaired) electrons. The number of benzene rings is 2. The average molecular weight is 291 g/mol. The molecule has 0 aliphatic heterocycles. The molecule has 3 aromatic rings. The fraction of sp³-hybridized carbons (Fsp3) is 0.105. The maximum absolute atomic E-state index is 12.7. The van der Waals surface area contributed by atoms with Gasteiger partial charge in [-0.3, -0.25) is 4.79 Å². The van der Waals surface area contributed by atoms with Gasteiger partial charge in [0.15, 0.2) is 5.78 Å². The third-order valence-electron chi connectivity index (χ3n) is 3.49. The van der Waals surface area contributed by atoms with Crippen LogP contribution in [0.4, 0.5) is 5.69 Å². The Labute approximate surface area is 129 Å². The zero-order chi connectivity index (χ0) is 15.4.